The molecule has 0 aromatic heterocycles. The van der Waals surface area contributed by atoms with Crippen LogP contribution in [0.1, 0.15) is 6.92 Å². The summed E-state index contributed by atoms with van der Waals surface area (Å²) in [6.07, 6.45) is 0.477. The topological polar surface area (TPSA) is 9.72 Å². The Balaban J connectivity index is 2.63. The molecule has 0 saturated carbocycles. The molecule has 0 aromatic carbocycles. The Kier molecular flexibility index (Phi) is 2.52. The van der Waals surface area contributed by atoms with E-state index in [1.165, 1.54) is 6.54 Å². The van der Waals surface area contributed by atoms with Crippen LogP contribution in [0.4, 0.5) is 0 Å². The highest BCUT2D eigenvalue weighted by Crippen LogP contribution is 2.17. The van der Waals surface area contributed by atoms with Crippen LogP contribution in [-0.4, -0.2) is 61.8 Å². The molecule has 3 nitrogen and oxygen atoms in total. The zero-order valence-corrected chi connectivity index (χ0v) is 8.20. The van der Waals surface area contributed by atoms with Crippen LogP contribution in [0.15, 0.2) is 0 Å². The fraction of sp³-hybridized carbons (Fsp3) is 1.00. The first kappa shape index (κ1) is 8.97. The smallest absolute Gasteiger partial charge is 0.118 e. The maximum Gasteiger partial charge on any atom is 0.118 e. The highest BCUT2D eigenvalue weighted by molar-refractivity contribution is 4.81. The van der Waals surface area contributed by atoms with E-state index in [1.807, 2.05) is 0 Å². The van der Waals surface area contributed by atoms with Crippen molar-refractivity contribution >= 4 is 0 Å². The first-order chi connectivity index (χ1) is 5.04. The molecule has 1 rings (SSSR count). The van der Waals surface area contributed by atoms with Crippen molar-refractivity contribution in [3.63, 3.8) is 0 Å². The molecule has 0 bridgehead atoms. The maximum absolute atomic E-state index is 2.39. The third kappa shape index (κ3) is 1.55. The molecule has 1 saturated heterocycles. The molecule has 0 amide bonds. The predicted octanol–water partition coefficient (Wildman–Crippen LogP) is 0.0973. The molecule has 0 N–H and O–H groups in total. The molecular formula is C8H19N3. The number of rotatable bonds is 1. The van der Waals surface area contributed by atoms with Crippen LogP contribution in [0.5, 0.6) is 0 Å². The first-order valence-corrected chi connectivity index (χ1v) is 4.12. The second kappa shape index (κ2) is 3.09. The average molecular weight is 157 g/mol. The molecule has 2 atom stereocenters. The van der Waals surface area contributed by atoms with Crippen LogP contribution in [0.2, 0.25) is 0 Å². The summed E-state index contributed by atoms with van der Waals surface area (Å²) >= 11 is 0. The molecule has 1 aliphatic rings. The lowest BCUT2D eigenvalue weighted by Gasteiger charge is -2.31. The minimum Gasteiger partial charge on any atom is -0.282 e. The largest absolute Gasteiger partial charge is 0.282 e. The Morgan fingerprint density at radius 1 is 1.27 bits per heavy atom. The van der Waals surface area contributed by atoms with Crippen LogP contribution in [0.3, 0.4) is 0 Å². The Labute approximate surface area is 69.6 Å². The number of hydrogen-bond donors (Lipinski definition) is 0. The van der Waals surface area contributed by atoms with Gasteiger partial charge in [0.25, 0.3) is 0 Å². The molecule has 1 aliphatic heterocycles. The van der Waals surface area contributed by atoms with E-state index < -0.39 is 0 Å². The van der Waals surface area contributed by atoms with Crippen LogP contribution < -0.4 is 0 Å². The molecule has 3 heteroatoms. The van der Waals surface area contributed by atoms with Gasteiger partial charge in [-0.1, -0.05) is 0 Å². The summed E-state index contributed by atoms with van der Waals surface area (Å²) < 4.78 is 0. The van der Waals surface area contributed by atoms with Crippen molar-refractivity contribution in [1.29, 1.82) is 0 Å². The van der Waals surface area contributed by atoms with Gasteiger partial charge in [0.15, 0.2) is 0 Å². The Bertz CT molecular complexity index is 135. The summed E-state index contributed by atoms with van der Waals surface area (Å²) in [4.78, 5) is 6.99. The molecule has 2 unspecified atom stereocenters. The van der Waals surface area contributed by atoms with Crippen molar-refractivity contribution in [3.8, 4) is 0 Å². The molecule has 0 spiro atoms. The summed E-state index contributed by atoms with van der Waals surface area (Å²) in [5, 5.41) is 0. The van der Waals surface area contributed by atoms with E-state index in [-0.39, 0.29) is 0 Å². The first-order valence-electron chi connectivity index (χ1n) is 4.12. The van der Waals surface area contributed by atoms with Gasteiger partial charge in [-0.2, -0.15) is 0 Å². The van der Waals surface area contributed by atoms with Crippen molar-refractivity contribution in [3.05, 3.63) is 0 Å². The lowest BCUT2D eigenvalue weighted by Crippen LogP contribution is -2.46. The maximum atomic E-state index is 2.39. The minimum atomic E-state index is 0.477. The summed E-state index contributed by atoms with van der Waals surface area (Å²) in [5.41, 5.74) is 0. The van der Waals surface area contributed by atoms with Crippen molar-refractivity contribution in [2.75, 3.05) is 34.7 Å². The molecule has 0 aromatic rings. The quantitative estimate of drug-likeness (QED) is 0.534. The second-order valence-corrected chi connectivity index (χ2v) is 3.76. The van der Waals surface area contributed by atoms with Crippen molar-refractivity contribution in [1.82, 2.24) is 14.7 Å². The summed E-state index contributed by atoms with van der Waals surface area (Å²) in [7, 11) is 8.59. The SMILES string of the molecule is CC1CN(C)C(N(C)C)N1C. The van der Waals surface area contributed by atoms with Crippen LogP contribution in [0, 0.1) is 0 Å². The zero-order valence-electron chi connectivity index (χ0n) is 8.20. The van der Waals surface area contributed by atoms with Crippen molar-refractivity contribution in [2.45, 2.75) is 19.3 Å². The summed E-state index contributed by atoms with van der Waals surface area (Å²) in [6.45, 7) is 3.43. The minimum absolute atomic E-state index is 0.477. The highest BCUT2D eigenvalue weighted by atomic mass is 15.5. The van der Waals surface area contributed by atoms with E-state index in [1.54, 1.807) is 0 Å². The van der Waals surface area contributed by atoms with Gasteiger partial charge in [-0.05, 0) is 35.1 Å². The average Bonchev–Trinajstić information content (AvgIpc) is 2.07. The third-order valence-corrected chi connectivity index (χ3v) is 2.47. The highest BCUT2D eigenvalue weighted by Gasteiger charge is 2.32. The van der Waals surface area contributed by atoms with E-state index in [0.717, 1.165) is 0 Å². The Morgan fingerprint density at radius 3 is 2.00 bits per heavy atom. The monoisotopic (exact) mass is 157 g/mol. The van der Waals surface area contributed by atoms with Gasteiger partial charge in [0.05, 0.1) is 0 Å². The molecule has 1 heterocycles. The van der Waals surface area contributed by atoms with Gasteiger partial charge in [0.2, 0.25) is 0 Å². The lowest BCUT2D eigenvalue weighted by atomic mass is 10.3. The Hall–Kier alpha value is -0.120. The zero-order chi connectivity index (χ0) is 8.59. The number of hydrogen-bond acceptors (Lipinski definition) is 3. The number of likely N-dealkylation sites (N-methyl/N-ethyl adjacent to an activating group) is 2. The van der Waals surface area contributed by atoms with Gasteiger partial charge in [0.1, 0.15) is 6.29 Å². The van der Waals surface area contributed by atoms with Gasteiger partial charge in [-0.15, -0.1) is 0 Å². The summed E-state index contributed by atoms with van der Waals surface area (Å²) in [6, 6.07) is 0.674. The van der Waals surface area contributed by atoms with Crippen molar-refractivity contribution < 1.29 is 0 Å². The van der Waals surface area contributed by atoms with E-state index >= 15 is 0 Å². The second-order valence-electron chi connectivity index (χ2n) is 3.76. The molecule has 0 radical (unpaired) electrons. The summed E-state index contributed by atoms with van der Waals surface area (Å²) in [5.74, 6) is 0. The molecule has 66 valence electrons. The van der Waals surface area contributed by atoms with Crippen LogP contribution in [0.25, 0.3) is 0 Å². The van der Waals surface area contributed by atoms with E-state index in [0.29, 0.717) is 12.3 Å². The molecule has 1 fully saturated rings. The molecule has 0 aliphatic carbocycles. The molecular weight excluding hydrogens is 138 g/mol. The van der Waals surface area contributed by atoms with Gasteiger partial charge in [0, 0.05) is 12.6 Å². The van der Waals surface area contributed by atoms with E-state index in [2.05, 4.69) is 49.8 Å². The Morgan fingerprint density at radius 2 is 1.82 bits per heavy atom. The van der Waals surface area contributed by atoms with Gasteiger partial charge in [-0.3, -0.25) is 14.7 Å². The lowest BCUT2D eigenvalue weighted by molar-refractivity contribution is 0.0398. The van der Waals surface area contributed by atoms with Gasteiger partial charge >= 0.3 is 0 Å². The molecule has 11 heavy (non-hydrogen) atoms. The van der Waals surface area contributed by atoms with Crippen molar-refractivity contribution in [2.24, 2.45) is 0 Å². The normalized spacial score (nSPS) is 35.5. The fourth-order valence-corrected chi connectivity index (χ4v) is 1.94. The van der Waals surface area contributed by atoms with E-state index in [4.69, 9.17) is 0 Å². The van der Waals surface area contributed by atoms with Gasteiger partial charge in [-0.25, -0.2) is 0 Å². The predicted molar refractivity (Wildman–Crippen MR) is 47.3 cm³/mol. The fourth-order valence-electron chi connectivity index (χ4n) is 1.94. The number of nitrogens with zero attached hydrogens (tertiary/aromatic N) is 3. The van der Waals surface area contributed by atoms with Crippen LogP contribution in [-0.2, 0) is 0 Å². The standard InChI is InChI=1S/C8H19N3/c1-7-6-10(4)8(9(2)3)11(7)5/h7-8H,6H2,1-5H3. The third-order valence-electron chi connectivity index (χ3n) is 2.47. The van der Waals surface area contributed by atoms with E-state index in [9.17, 15) is 0 Å². The van der Waals surface area contributed by atoms with Crippen LogP contribution >= 0.6 is 0 Å². The van der Waals surface area contributed by atoms with Gasteiger partial charge < -0.3 is 0 Å².